The largest absolute Gasteiger partial charge is 0.130 e. The van der Waals surface area contributed by atoms with E-state index in [1.54, 1.807) is 23.5 Å². The zero-order valence-electron chi connectivity index (χ0n) is 7.26. The van der Waals surface area contributed by atoms with Crippen LogP contribution in [0.4, 0.5) is 0 Å². The lowest BCUT2D eigenvalue weighted by molar-refractivity contribution is 1.30. The van der Waals surface area contributed by atoms with E-state index in [2.05, 4.69) is 43.4 Å². The summed E-state index contributed by atoms with van der Waals surface area (Å²) in [4.78, 5) is 2.54. The predicted octanol–water partition coefficient (Wildman–Crippen LogP) is 3.47. The lowest BCUT2D eigenvalue weighted by atomic mass is 10.2. The van der Waals surface area contributed by atoms with Crippen LogP contribution in [-0.2, 0) is 0 Å². The van der Waals surface area contributed by atoms with Crippen LogP contribution in [0.15, 0.2) is 34.6 Å². The van der Waals surface area contributed by atoms with Gasteiger partial charge in [-0.1, -0.05) is 6.58 Å². The van der Waals surface area contributed by atoms with Crippen LogP contribution >= 0.6 is 23.5 Å². The van der Waals surface area contributed by atoms with Crippen LogP contribution in [0.1, 0.15) is 5.56 Å². The van der Waals surface area contributed by atoms with Gasteiger partial charge in [0.2, 0.25) is 0 Å². The second-order valence-corrected chi connectivity index (χ2v) is 4.04. The maximum Gasteiger partial charge on any atom is 0.00864 e. The fraction of sp³-hybridized carbons (Fsp3) is 0.200. The maximum atomic E-state index is 3.64. The summed E-state index contributed by atoms with van der Waals surface area (Å²) in [6.07, 6.45) is 7.05. The van der Waals surface area contributed by atoms with E-state index in [-0.39, 0.29) is 0 Å². The molecule has 1 aromatic carbocycles. The first-order valence-electron chi connectivity index (χ1n) is 3.56. The highest BCUT2D eigenvalue weighted by atomic mass is 32.2. The number of hydrogen-bond acceptors (Lipinski definition) is 2. The molecule has 1 aromatic rings. The molecule has 0 atom stereocenters. The van der Waals surface area contributed by atoms with Crippen molar-refractivity contribution >= 4 is 23.5 Å². The molecule has 2 heteroatoms. The Balaban J connectivity index is 3.09. The lowest BCUT2D eigenvalue weighted by Crippen LogP contribution is -1.78. The maximum absolute atomic E-state index is 3.64. The third kappa shape index (κ3) is 2.32. The summed E-state index contributed by atoms with van der Waals surface area (Å²) in [6.45, 7) is 3.64. The Morgan fingerprint density at radius 2 is 1.58 bits per heavy atom. The van der Waals surface area contributed by atoms with Gasteiger partial charge in [-0.3, -0.25) is 0 Å². The molecule has 0 unspecified atom stereocenters. The van der Waals surface area contributed by atoms with Crippen molar-refractivity contribution < 1.29 is 0 Å². The number of benzene rings is 1. The first-order chi connectivity index (χ1) is 5.80. The van der Waals surface area contributed by atoms with Crippen LogP contribution in [0, 0.1) is 6.08 Å². The predicted molar refractivity (Wildman–Crippen MR) is 58.0 cm³/mol. The van der Waals surface area contributed by atoms with Gasteiger partial charge in [0.15, 0.2) is 0 Å². The molecule has 0 aliphatic carbocycles. The number of thioether (sulfide) groups is 2. The van der Waals surface area contributed by atoms with E-state index in [9.17, 15) is 0 Å². The normalized spacial score (nSPS) is 9.83. The van der Waals surface area contributed by atoms with E-state index in [0.29, 0.717) is 0 Å². The molecule has 0 N–H and O–H groups in total. The van der Waals surface area contributed by atoms with Gasteiger partial charge in [-0.15, -0.1) is 23.5 Å². The zero-order chi connectivity index (χ0) is 8.97. The molecule has 0 aromatic heterocycles. The second kappa shape index (κ2) is 4.63. The molecule has 0 fully saturated rings. The molecule has 12 heavy (non-hydrogen) atoms. The Morgan fingerprint density at radius 3 is 1.92 bits per heavy atom. The van der Waals surface area contributed by atoms with Crippen LogP contribution < -0.4 is 0 Å². The van der Waals surface area contributed by atoms with E-state index in [1.165, 1.54) is 9.79 Å². The average Bonchev–Trinajstić information content (AvgIpc) is 2.16. The number of hydrogen-bond donors (Lipinski definition) is 0. The molecule has 0 spiro atoms. The fourth-order valence-electron chi connectivity index (χ4n) is 0.909. The highest BCUT2D eigenvalue weighted by molar-refractivity contribution is 7.99. The van der Waals surface area contributed by atoms with Gasteiger partial charge in [-0.2, -0.15) is 0 Å². The fourth-order valence-corrected chi connectivity index (χ4v) is 1.96. The van der Waals surface area contributed by atoms with Gasteiger partial charge in [0, 0.05) is 9.79 Å². The van der Waals surface area contributed by atoms with Crippen molar-refractivity contribution in [3.63, 3.8) is 0 Å². The molecule has 0 saturated heterocycles. The minimum absolute atomic E-state index is 1.08. The van der Waals surface area contributed by atoms with Crippen molar-refractivity contribution in [3.05, 3.63) is 36.4 Å². The molecule has 1 radical (unpaired) electrons. The van der Waals surface area contributed by atoms with Crippen molar-refractivity contribution in [2.45, 2.75) is 9.79 Å². The quantitative estimate of drug-likeness (QED) is 0.677. The third-order valence-electron chi connectivity index (χ3n) is 1.56. The summed E-state index contributed by atoms with van der Waals surface area (Å²) < 4.78 is 0. The monoisotopic (exact) mass is 195 g/mol. The Bertz CT molecular complexity index is 257. The summed E-state index contributed by atoms with van der Waals surface area (Å²) in [6, 6.07) is 6.37. The molecular formula is C10H11S2. The number of rotatable bonds is 3. The summed E-state index contributed by atoms with van der Waals surface area (Å²) in [5, 5.41) is 0. The topological polar surface area (TPSA) is 0 Å². The van der Waals surface area contributed by atoms with Gasteiger partial charge < -0.3 is 0 Å². The molecule has 0 amide bonds. The molecule has 63 valence electrons. The van der Waals surface area contributed by atoms with Crippen LogP contribution in [0.3, 0.4) is 0 Å². The van der Waals surface area contributed by atoms with Crippen LogP contribution in [-0.4, -0.2) is 12.5 Å². The SMILES string of the molecule is C=[C]c1cc(SC)cc(SC)c1. The molecule has 1 rings (SSSR count). The van der Waals surface area contributed by atoms with Gasteiger partial charge >= 0.3 is 0 Å². The second-order valence-electron chi connectivity index (χ2n) is 2.28. The highest BCUT2D eigenvalue weighted by Gasteiger charge is 1.96. The third-order valence-corrected chi connectivity index (χ3v) is 2.97. The van der Waals surface area contributed by atoms with Gasteiger partial charge in [0.05, 0.1) is 0 Å². The standard InChI is InChI=1S/C10H11S2/c1-4-8-5-9(11-2)7-10(6-8)12-3/h5-7H,1H2,2-3H3. The van der Waals surface area contributed by atoms with E-state index >= 15 is 0 Å². The first kappa shape index (κ1) is 9.75. The van der Waals surface area contributed by atoms with E-state index in [1.807, 2.05) is 0 Å². The van der Waals surface area contributed by atoms with Crippen molar-refractivity contribution in [1.29, 1.82) is 0 Å². The molecule has 0 nitrogen and oxygen atoms in total. The van der Waals surface area contributed by atoms with Gasteiger partial charge in [0.1, 0.15) is 0 Å². The Hall–Kier alpha value is -0.340. The van der Waals surface area contributed by atoms with E-state index in [0.717, 1.165) is 5.56 Å². The highest BCUT2D eigenvalue weighted by Crippen LogP contribution is 2.24. The van der Waals surface area contributed by atoms with Gasteiger partial charge in [-0.05, 0) is 42.4 Å². The van der Waals surface area contributed by atoms with Gasteiger partial charge in [-0.25, -0.2) is 0 Å². The Morgan fingerprint density at radius 1 is 1.08 bits per heavy atom. The van der Waals surface area contributed by atoms with Crippen molar-refractivity contribution in [2.24, 2.45) is 0 Å². The summed E-state index contributed by atoms with van der Waals surface area (Å²) in [5.41, 5.74) is 1.08. The molecule has 0 aliphatic heterocycles. The van der Waals surface area contributed by atoms with E-state index in [4.69, 9.17) is 0 Å². The van der Waals surface area contributed by atoms with Crippen LogP contribution in [0.25, 0.3) is 0 Å². The van der Waals surface area contributed by atoms with E-state index < -0.39 is 0 Å². The van der Waals surface area contributed by atoms with Gasteiger partial charge in [0.25, 0.3) is 0 Å². The molecule has 0 heterocycles. The zero-order valence-corrected chi connectivity index (χ0v) is 8.89. The molecule has 0 aliphatic rings. The van der Waals surface area contributed by atoms with Crippen molar-refractivity contribution in [1.82, 2.24) is 0 Å². The smallest absolute Gasteiger partial charge is 0.00864 e. The first-order valence-corrected chi connectivity index (χ1v) is 6.01. The van der Waals surface area contributed by atoms with Crippen molar-refractivity contribution in [2.75, 3.05) is 12.5 Å². The lowest BCUT2D eigenvalue weighted by Gasteiger charge is -2.02. The Labute approximate surface area is 82.4 Å². The minimum Gasteiger partial charge on any atom is -0.130 e. The molecular weight excluding hydrogens is 184 g/mol. The molecule has 0 saturated carbocycles. The summed E-state index contributed by atoms with van der Waals surface area (Å²) >= 11 is 3.49. The van der Waals surface area contributed by atoms with Crippen LogP contribution in [0.5, 0.6) is 0 Å². The Kier molecular flexibility index (Phi) is 3.76. The summed E-state index contributed by atoms with van der Waals surface area (Å²) in [5.74, 6) is 0. The molecule has 0 bridgehead atoms. The van der Waals surface area contributed by atoms with Crippen molar-refractivity contribution in [3.8, 4) is 0 Å². The minimum atomic E-state index is 1.08. The average molecular weight is 195 g/mol. The van der Waals surface area contributed by atoms with Crippen LogP contribution in [0.2, 0.25) is 0 Å². The summed E-state index contributed by atoms with van der Waals surface area (Å²) in [7, 11) is 0.